The van der Waals surface area contributed by atoms with Crippen molar-refractivity contribution in [2.75, 3.05) is 5.32 Å². The van der Waals surface area contributed by atoms with Crippen LogP contribution in [-0.4, -0.2) is 27.1 Å². The third-order valence-corrected chi connectivity index (χ3v) is 1.99. The molecule has 1 heterocycles. The lowest BCUT2D eigenvalue weighted by Crippen LogP contribution is -2.17. The molecule has 0 amide bonds. The van der Waals surface area contributed by atoms with Crippen LogP contribution in [0.25, 0.3) is 0 Å². The van der Waals surface area contributed by atoms with Crippen molar-refractivity contribution in [3.05, 3.63) is 17.9 Å². The third kappa shape index (κ3) is 4.99. The molecular formula is C11H17ClN4O. The molecule has 0 aliphatic carbocycles. The minimum absolute atomic E-state index is 0.00749. The Balaban J connectivity index is 2.78. The van der Waals surface area contributed by atoms with Crippen LogP contribution in [0.3, 0.4) is 0 Å². The zero-order valence-corrected chi connectivity index (χ0v) is 11.0. The van der Waals surface area contributed by atoms with Crippen LogP contribution in [0, 0.1) is 0 Å². The maximum atomic E-state index is 5.79. The number of rotatable bonds is 6. The molecule has 94 valence electrons. The molecule has 0 fully saturated rings. The van der Waals surface area contributed by atoms with Gasteiger partial charge in [-0.2, -0.15) is 15.0 Å². The molecule has 1 atom stereocenters. The second-order valence-corrected chi connectivity index (χ2v) is 4.29. The first-order valence-corrected chi connectivity index (χ1v) is 5.84. The Kier molecular flexibility index (Phi) is 5.15. The zero-order chi connectivity index (χ0) is 12.8. The fourth-order valence-electron chi connectivity index (χ4n) is 1.19. The first-order valence-electron chi connectivity index (χ1n) is 5.47. The largest absolute Gasteiger partial charge is 0.461 e. The summed E-state index contributed by atoms with van der Waals surface area (Å²) >= 11 is 5.79. The molecule has 17 heavy (non-hydrogen) atoms. The van der Waals surface area contributed by atoms with Gasteiger partial charge in [0.1, 0.15) is 0 Å². The van der Waals surface area contributed by atoms with E-state index >= 15 is 0 Å². The molecule has 0 aliphatic heterocycles. The van der Waals surface area contributed by atoms with Crippen molar-refractivity contribution < 1.29 is 4.74 Å². The van der Waals surface area contributed by atoms with E-state index in [2.05, 4.69) is 26.8 Å². The van der Waals surface area contributed by atoms with Crippen molar-refractivity contribution in [3.63, 3.8) is 0 Å². The normalized spacial score (nSPS) is 12.3. The van der Waals surface area contributed by atoms with Crippen LogP contribution in [0.5, 0.6) is 6.01 Å². The summed E-state index contributed by atoms with van der Waals surface area (Å²) in [5.74, 6) is 0.412. The van der Waals surface area contributed by atoms with Crippen LogP contribution >= 0.6 is 11.6 Å². The summed E-state index contributed by atoms with van der Waals surface area (Å²) in [7, 11) is 0. The summed E-state index contributed by atoms with van der Waals surface area (Å²) in [6, 6.07) is 0.408. The molecule has 0 saturated carbocycles. The average molecular weight is 257 g/mol. The van der Waals surface area contributed by atoms with Gasteiger partial charge >= 0.3 is 6.01 Å². The topological polar surface area (TPSA) is 59.9 Å². The van der Waals surface area contributed by atoms with Gasteiger partial charge < -0.3 is 10.1 Å². The molecule has 1 unspecified atom stereocenters. The average Bonchev–Trinajstić information content (AvgIpc) is 2.14. The van der Waals surface area contributed by atoms with Crippen LogP contribution in [0.15, 0.2) is 12.7 Å². The van der Waals surface area contributed by atoms with E-state index in [4.69, 9.17) is 16.3 Å². The monoisotopic (exact) mass is 256 g/mol. The molecule has 1 rings (SSSR count). The van der Waals surface area contributed by atoms with E-state index in [9.17, 15) is 0 Å². The van der Waals surface area contributed by atoms with Crippen molar-refractivity contribution in [1.82, 2.24) is 15.0 Å². The molecule has 5 nitrogen and oxygen atoms in total. The number of nitrogens with one attached hydrogen (secondary N) is 1. The number of ether oxygens (including phenoxy) is 1. The van der Waals surface area contributed by atoms with Gasteiger partial charge in [-0.15, -0.1) is 6.58 Å². The van der Waals surface area contributed by atoms with Crippen molar-refractivity contribution in [1.29, 1.82) is 0 Å². The highest BCUT2D eigenvalue weighted by atomic mass is 35.5. The van der Waals surface area contributed by atoms with Gasteiger partial charge in [0, 0.05) is 6.04 Å². The van der Waals surface area contributed by atoms with Crippen molar-refractivity contribution in [3.8, 4) is 6.01 Å². The van der Waals surface area contributed by atoms with Gasteiger partial charge in [0.25, 0.3) is 0 Å². The highest BCUT2D eigenvalue weighted by Gasteiger charge is 2.09. The Morgan fingerprint density at radius 3 is 2.65 bits per heavy atom. The number of aromatic nitrogens is 3. The van der Waals surface area contributed by atoms with Gasteiger partial charge in [0.15, 0.2) is 0 Å². The van der Waals surface area contributed by atoms with Crippen molar-refractivity contribution >= 4 is 17.5 Å². The predicted octanol–water partition coefficient (Wildman–Crippen LogP) is 2.69. The molecule has 0 radical (unpaired) electrons. The molecule has 0 aromatic carbocycles. The Bertz CT molecular complexity index is 384. The van der Waals surface area contributed by atoms with Crippen LogP contribution in [0.2, 0.25) is 5.28 Å². The Hall–Kier alpha value is -1.36. The van der Waals surface area contributed by atoms with Gasteiger partial charge in [-0.05, 0) is 38.8 Å². The van der Waals surface area contributed by atoms with E-state index < -0.39 is 0 Å². The van der Waals surface area contributed by atoms with E-state index in [1.54, 1.807) is 0 Å². The molecule has 1 N–H and O–H groups in total. The number of halogens is 1. The Labute approximate surface area is 106 Å². The molecule has 0 spiro atoms. The smallest absolute Gasteiger partial charge is 0.322 e. The lowest BCUT2D eigenvalue weighted by Gasteiger charge is -2.13. The van der Waals surface area contributed by atoms with Gasteiger partial charge in [0.05, 0.1) is 6.10 Å². The lowest BCUT2D eigenvalue weighted by molar-refractivity contribution is 0.222. The van der Waals surface area contributed by atoms with E-state index in [1.165, 1.54) is 0 Å². The molecule has 6 heteroatoms. The summed E-state index contributed by atoms with van der Waals surface area (Å²) in [6.45, 7) is 9.46. The first-order chi connectivity index (χ1) is 8.01. The number of nitrogens with zero attached hydrogens (tertiary/aromatic N) is 3. The summed E-state index contributed by atoms with van der Waals surface area (Å²) in [5, 5.41) is 3.21. The summed E-state index contributed by atoms with van der Waals surface area (Å²) in [4.78, 5) is 12.0. The SMILES string of the molecule is C=CCC(C)Nc1nc(Cl)nc(OC(C)C)n1. The quantitative estimate of drug-likeness (QED) is 0.793. The van der Waals surface area contributed by atoms with Crippen LogP contribution in [0.4, 0.5) is 5.95 Å². The minimum atomic E-state index is -0.00749. The minimum Gasteiger partial charge on any atom is -0.461 e. The van der Waals surface area contributed by atoms with E-state index in [1.807, 2.05) is 26.8 Å². The van der Waals surface area contributed by atoms with E-state index in [-0.39, 0.29) is 23.4 Å². The number of hydrogen-bond acceptors (Lipinski definition) is 5. The predicted molar refractivity (Wildman–Crippen MR) is 68.5 cm³/mol. The first kappa shape index (κ1) is 13.7. The molecule has 0 saturated heterocycles. The highest BCUT2D eigenvalue weighted by Crippen LogP contribution is 2.13. The van der Waals surface area contributed by atoms with Gasteiger partial charge in [-0.25, -0.2) is 0 Å². The van der Waals surface area contributed by atoms with Gasteiger partial charge in [-0.3, -0.25) is 0 Å². The molecule has 0 bridgehead atoms. The van der Waals surface area contributed by atoms with E-state index in [0.717, 1.165) is 6.42 Å². The zero-order valence-electron chi connectivity index (χ0n) is 10.3. The highest BCUT2D eigenvalue weighted by molar-refractivity contribution is 6.28. The van der Waals surface area contributed by atoms with Crippen LogP contribution in [-0.2, 0) is 0 Å². The maximum absolute atomic E-state index is 5.79. The van der Waals surface area contributed by atoms with Gasteiger partial charge in [0.2, 0.25) is 11.2 Å². The standard InChI is InChI=1S/C11H17ClN4O/c1-5-6-8(4)13-10-14-9(12)15-11(16-10)17-7(2)3/h5,7-8H,1,6H2,2-4H3,(H,13,14,15,16). The van der Waals surface area contributed by atoms with Crippen LogP contribution in [0.1, 0.15) is 27.2 Å². The molecule has 1 aromatic rings. The fourth-order valence-corrected chi connectivity index (χ4v) is 1.34. The number of hydrogen-bond donors (Lipinski definition) is 1. The molecule has 0 aliphatic rings. The van der Waals surface area contributed by atoms with Crippen molar-refractivity contribution in [2.24, 2.45) is 0 Å². The number of anilines is 1. The molecular weight excluding hydrogens is 240 g/mol. The Morgan fingerprint density at radius 1 is 1.35 bits per heavy atom. The summed E-state index contributed by atoms with van der Waals surface area (Å²) in [6.07, 6.45) is 2.63. The third-order valence-electron chi connectivity index (χ3n) is 1.82. The van der Waals surface area contributed by atoms with Crippen LogP contribution < -0.4 is 10.1 Å². The second kappa shape index (κ2) is 6.39. The molecule has 1 aromatic heterocycles. The fraction of sp³-hybridized carbons (Fsp3) is 0.545. The van der Waals surface area contributed by atoms with Crippen molar-refractivity contribution in [2.45, 2.75) is 39.3 Å². The maximum Gasteiger partial charge on any atom is 0.322 e. The summed E-state index contributed by atoms with van der Waals surface area (Å²) in [5.41, 5.74) is 0. The summed E-state index contributed by atoms with van der Waals surface area (Å²) < 4.78 is 5.37. The van der Waals surface area contributed by atoms with Gasteiger partial charge in [-0.1, -0.05) is 6.08 Å². The van der Waals surface area contributed by atoms with E-state index in [0.29, 0.717) is 5.95 Å². The lowest BCUT2D eigenvalue weighted by atomic mass is 10.2. The second-order valence-electron chi connectivity index (χ2n) is 3.95. The Morgan fingerprint density at radius 2 is 2.06 bits per heavy atom.